The van der Waals surface area contributed by atoms with Crippen molar-refractivity contribution in [3.63, 3.8) is 0 Å². The summed E-state index contributed by atoms with van der Waals surface area (Å²) in [5.74, 6) is -2.08. The largest absolute Gasteiger partial charge is 0.521 e. The predicted octanol–water partition coefficient (Wildman–Crippen LogP) is 21.9. The van der Waals surface area contributed by atoms with E-state index in [1.165, 1.54) is 150 Å². The fraction of sp³-hybridized carbons (Fsp3) is 0.176. The second-order valence-corrected chi connectivity index (χ2v) is 30.4. The molecule has 671 valence electrons. The maximum atomic E-state index is 7.53. The summed E-state index contributed by atoms with van der Waals surface area (Å²) < 4.78 is 27.0. The molecule has 128 heavy (non-hydrogen) atoms. The van der Waals surface area contributed by atoms with Crippen LogP contribution in [-0.2, 0) is 141 Å². The molecule has 0 bridgehead atoms. The van der Waals surface area contributed by atoms with E-state index in [1.807, 2.05) is 73.8 Å². The van der Waals surface area contributed by atoms with Crippen LogP contribution in [-0.4, -0.2) is 132 Å². The summed E-state index contributed by atoms with van der Waals surface area (Å²) in [4.78, 5) is 37.6. The first-order chi connectivity index (χ1) is 58.7. The van der Waals surface area contributed by atoms with Gasteiger partial charge in [-0.3, -0.25) is 0 Å². The Hall–Kier alpha value is -11.9. The van der Waals surface area contributed by atoms with Gasteiger partial charge in [-0.25, -0.2) is 27.4 Å². The van der Waals surface area contributed by atoms with Gasteiger partial charge in [0.2, 0.25) is 0 Å². The van der Waals surface area contributed by atoms with Crippen LogP contribution in [0.5, 0.6) is 5.75 Å². The molecule has 0 aliphatic carbocycles. The molecule has 5 aromatic heterocycles. The van der Waals surface area contributed by atoms with E-state index in [0.717, 1.165) is 39.7 Å². The van der Waals surface area contributed by atoms with E-state index in [0.29, 0.717) is 0 Å². The molecule has 10 N–H and O–H groups in total. The van der Waals surface area contributed by atoms with Gasteiger partial charge in [0.05, 0.1) is 41.7 Å². The van der Waals surface area contributed by atoms with Crippen molar-refractivity contribution in [2.24, 2.45) is 35.2 Å². The Labute approximate surface area is 812 Å². The van der Waals surface area contributed by atoms with Crippen molar-refractivity contribution in [3.05, 3.63) is 333 Å². The molecule has 0 unspecified atom stereocenters. The Bertz CT molecular complexity index is 6880. The number of hydrogen-bond donors (Lipinski definition) is 5. The van der Waals surface area contributed by atoms with E-state index < -0.39 is 29.8 Å². The van der Waals surface area contributed by atoms with Crippen LogP contribution in [0.2, 0.25) is 0 Å². The number of rotatable bonds is 6. The number of aliphatic carboxylic acids is 5. The molecule has 19 rings (SSSR count). The van der Waals surface area contributed by atoms with Crippen molar-refractivity contribution in [2.45, 2.75) is 81.6 Å². The first-order valence-electron chi connectivity index (χ1n) is 39.6. The average molecular weight is 2610 g/mol. The molecule has 26 heteroatoms. The summed E-state index contributed by atoms with van der Waals surface area (Å²) in [6.07, 6.45) is 10.5. The summed E-state index contributed by atoms with van der Waals surface area (Å²) in [7, 11) is 12.0. The van der Waals surface area contributed by atoms with Gasteiger partial charge in [0.15, 0.2) is 86.8 Å². The van der Waals surface area contributed by atoms with Gasteiger partial charge in [-0.05, 0) is 102 Å². The Morgan fingerprint density at radius 2 is 0.695 bits per heavy atom. The van der Waals surface area contributed by atoms with Crippen molar-refractivity contribution in [3.8, 4) is 34.2 Å². The van der Waals surface area contributed by atoms with Gasteiger partial charge in [-0.2, -0.15) is 78.9 Å². The Morgan fingerprint density at radius 3 is 1.16 bits per heavy atom. The molecule has 0 atom stereocenters. The first-order valence-corrected chi connectivity index (χ1v) is 39.6. The third-order valence-electron chi connectivity index (χ3n) is 19.7. The number of nitrogens with zero attached hydrogens (tertiary/aromatic N) is 10. The van der Waals surface area contributed by atoms with Crippen LogP contribution < -0.4 is 4.74 Å². The van der Waals surface area contributed by atoms with Crippen LogP contribution in [0.15, 0.2) is 280 Å². The molecule has 5 heterocycles. The van der Waals surface area contributed by atoms with Crippen molar-refractivity contribution < 1.29 is 155 Å². The molecule has 14 aromatic carbocycles. The van der Waals surface area contributed by atoms with Crippen molar-refractivity contribution >= 4 is 128 Å². The summed E-state index contributed by atoms with van der Waals surface area (Å²) in [5.41, 5.74) is 22.8. The fourth-order valence-electron chi connectivity index (χ4n) is 14.5. The summed E-state index contributed by atoms with van der Waals surface area (Å²) in [5, 5.41) is 47.9. The number of carboxylic acid groups (broad SMARTS) is 5. The van der Waals surface area contributed by atoms with Crippen molar-refractivity contribution in [1.82, 2.24) is 45.7 Å². The summed E-state index contributed by atoms with van der Waals surface area (Å²) in [6, 6.07) is 103. The number of ether oxygens (including phenoxy) is 1. The molecule has 0 fully saturated rings. The first kappa shape index (κ1) is 107. The number of aromatic nitrogens is 10. The van der Waals surface area contributed by atoms with E-state index in [2.05, 4.69) is 359 Å². The summed E-state index contributed by atoms with van der Waals surface area (Å²) >= 11 is 0. The number of fused-ring (bicyclic) bond motifs is 6. The number of carboxylic acids is 5. The zero-order chi connectivity index (χ0) is 89.1. The molecule has 19 aromatic rings. The maximum Gasteiger partial charge on any atom is 0.477 e. The minimum atomic E-state index is -0.583. The number of hydrogen-bond acceptors (Lipinski definition) is 1. The quantitative estimate of drug-likeness (QED) is 0.0613. The Balaban J connectivity index is 0.000000270. The molecule has 21 nitrogen and oxygen atoms in total. The van der Waals surface area contributed by atoms with Gasteiger partial charge in [-0.1, -0.05) is 105 Å². The van der Waals surface area contributed by atoms with Crippen LogP contribution >= 0.6 is 0 Å². The number of imidazole rings is 5. The van der Waals surface area contributed by atoms with Crippen molar-refractivity contribution in [2.75, 3.05) is 7.11 Å². The van der Waals surface area contributed by atoms with Gasteiger partial charge in [0, 0.05) is 230 Å². The number of benzene rings is 14. The third-order valence-corrected chi connectivity index (χ3v) is 19.7. The van der Waals surface area contributed by atoms with Gasteiger partial charge in [0.25, 0.3) is 0 Å². The molecular weight excluding hydrogens is 2500 g/mol. The molecule has 0 saturated carbocycles. The molecule has 0 aliphatic heterocycles. The topological polar surface area (TPSA) is 267 Å². The van der Waals surface area contributed by atoms with E-state index in [4.69, 9.17) is 54.2 Å². The molecule has 0 spiro atoms. The molecule has 5 radical (unpaired) electrons. The molecule has 0 aliphatic rings. The zero-order valence-electron chi connectivity index (χ0n) is 74.1. The fourth-order valence-corrected chi connectivity index (χ4v) is 14.5. The molecule has 0 amide bonds. The van der Waals surface area contributed by atoms with Crippen LogP contribution in [0.1, 0.15) is 77.6 Å². The number of aliphatic hydroxyl groups excluding tert-OH is 5. The van der Waals surface area contributed by atoms with Crippen LogP contribution in [0.3, 0.4) is 0 Å². The SMILES string of the molecule is CC(O)=[OH+].CC(O)=[OH+].CC(O)=[OH+].CC(O)=[OH+].CC(O)=[OH+].COc1cc[c-]c(-n2[cH+]n(C)c3ccccc32)c1.Cc1ccc(C)c2c1n(C)[cH+]n2-c1[c-]cccc1.Cc1ccc[c-]c1-n1[cH+]n(C)c2ccccc21.Cn1[cH+]n(-c2[c-]cc3ccc4cc(C(C)(C)C)cc5ccc2c3c45)c2ccccc21.Cn1[cH+]n(-c2[c-]ccc3ccccc23)c2ccccc21.[Ir].[Ir].[Ir].[Ir].[Ir]. The second-order valence-electron chi connectivity index (χ2n) is 30.4. The minimum Gasteiger partial charge on any atom is -0.521 e. The van der Waals surface area contributed by atoms with E-state index >= 15 is 0 Å². The van der Waals surface area contributed by atoms with E-state index in [1.54, 1.807) is 7.11 Å². The van der Waals surface area contributed by atoms with E-state index in [-0.39, 0.29) is 106 Å². The number of methoxy groups -OCH3 is 1. The zero-order valence-corrected chi connectivity index (χ0v) is 86.1. The van der Waals surface area contributed by atoms with Gasteiger partial charge in [0.1, 0.15) is 0 Å². The van der Waals surface area contributed by atoms with E-state index in [9.17, 15) is 0 Å². The monoisotopic (exact) mass is 2610 g/mol. The number of aryl methyl sites for hydroxylation is 8. The van der Waals surface area contributed by atoms with Gasteiger partial charge in [-0.15, -0.1) is 64.7 Å². The average Bonchev–Trinajstić information content (AvgIpc) is 1.14. The second kappa shape index (κ2) is 48.9. The predicted molar refractivity (Wildman–Crippen MR) is 504 cm³/mol. The smallest absolute Gasteiger partial charge is 0.477 e. The number of para-hydroxylation sites is 10. The standard InChI is InChI=1S/C28H24N2.C18H14N2.C16H16N2.C15H14N2O.C15H14N2.5C2H4O2.5Ir/c1-28(2,3)21-15-19-10-9-18-12-14-23(22-13-11-20(16-21)26(19)27(18)22)30-17-29(4)24-7-5-6-8-25(24)30;1-19-13-20(18-11-5-4-10-17(18)19)16-12-6-8-14-7-2-3-9-15(14)16;1-12-9-10-13(2)16-15(12)17(3)11-18(16)14-7-5-4-6-8-14;1-16-11-17(15-9-4-3-8-14(15)16)12-6-5-7-13(10-12)18-2;1-12-7-3-4-8-13(12)17-11-16(2)14-9-5-6-10-15(14)17;5*1-2(3)4;;;;;/h5-13,15-17H,1-4H3;2-11,13H,1H3;4-7,9-11H,1-3H3;3-5,7-11H,1-2H3;3-7,9-11H,1-2H3;5*1H3,(H,3,4);;;;;/p+5. The minimum absolute atomic E-state index is 0. The Morgan fingerprint density at radius 1 is 0.320 bits per heavy atom. The maximum absolute atomic E-state index is 7.53. The van der Waals surface area contributed by atoms with Crippen molar-refractivity contribution in [1.29, 1.82) is 0 Å². The summed E-state index contributed by atoms with van der Waals surface area (Å²) in [6.45, 7) is 19.2. The van der Waals surface area contributed by atoms with Crippen LogP contribution in [0, 0.1) is 51.1 Å². The van der Waals surface area contributed by atoms with Gasteiger partial charge >= 0.3 is 29.8 Å². The van der Waals surface area contributed by atoms with Crippen LogP contribution in [0.4, 0.5) is 0 Å². The van der Waals surface area contributed by atoms with Crippen LogP contribution in [0.25, 0.3) is 127 Å². The third kappa shape index (κ3) is 26.6. The normalized spacial score (nSPS) is 10.2. The molecular formula is C102H107Ir5N10O11+5. The molecule has 0 saturated heterocycles. The Kier molecular flexibility index (Phi) is 40.7. The van der Waals surface area contributed by atoms with Gasteiger partial charge < -0.3 is 54.2 Å².